The zero-order valence-electron chi connectivity index (χ0n) is 8.70. The number of benzene rings is 1. The van der Waals surface area contributed by atoms with Gasteiger partial charge < -0.3 is 4.90 Å². The first-order valence-corrected chi connectivity index (χ1v) is 6.02. The highest BCUT2D eigenvalue weighted by Gasteiger charge is 2.29. The van der Waals surface area contributed by atoms with Gasteiger partial charge in [0.2, 0.25) is 0 Å². The quantitative estimate of drug-likeness (QED) is 0.765. The second-order valence-electron chi connectivity index (χ2n) is 3.56. The Morgan fingerprint density at radius 2 is 2.00 bits per heavy atom. The molecule has 1 heterocycles. The summed E-state index contributed by atoms with van der Waals surface area (Å²) in [6.45, 7) is 1.96. The molecule has 1 fully saturated rings. The minimum absolute atomic E-state index is 0.0197. The largest absolute Gasteiger partial charge is 0.324 e. The first kappa shape index (κ1) is 11.6. The van der Waals surface area contributed by atoms with Crippen LogP contribution < -0.4 is 4.90 Å². The second kappa shape index (κ2) is 4.93. The Hall–Kier alpha value is -0.930. The van der Waals surface area contributed by atoms with Crippen molar-refractivity contribution in [3.05, 3.63) is 29.3 Å². The van der Waals surface area contributed by atoms with Gasteiger partial charge in [0, 0.05) is 25.5 Å². The predicted molar refractivity (Wildman–Crippen MR) is 66.5 cm³/mol. The molecule has 2 rings (SSSR count). The summed E-state index contributed by atoms with van der Waals surface area (Å²) in [7, 11) is 0. The molecule has 0 saturated carbocycles. The van der Waals surface area contributed by atoms with Gasteiger partial charge >= 0.3 is 6.03 Å². The van der Waals surface area contributed by atoms with Crippen molar-refractivity contribution in [3.63, 3.8) is 0 Å². The summed E-state index contributed by atoms with van der Waals surface area (Å²) in [5.41, 5.74) is 0.770. The number of para-hydroxylation sites is 1. The van der Waals surface area contributed by atoms with Crippen LogP contribution in [0.5, 0.6) is 0 Å². The van der Waals surface area contributed by atoms with E-state index in [1.165, 1.54) is 0 Å². The first-order chi connectivity index (χ1) is 7.74. The molecule has 0 aromatic heterocycles. The topological polar surface area (TPSA) is 23.6 Å². The van der Waals surface area contributed by atoms with Gasteiger partial charge in [0.05, 0.1) is 10.7 Å². The molecule has 1 aliphatic rings. The lowest BCUT2D eigenvalue weighted by molar-refractivity contribution is 0.223. The van der Waals surface area contributed by atoms with Crippen LogP contribution in [0.3, 0.4) is 0 Å². The summed E-state index contributed by atoms with van der Waals surface area (Å²) < 4.78 is 0. The number of halogens is 2. The molecule has 0 spiro atoms. The van der Waals surface area contributed by atoms with Gasteiger partial charge in [0.15, 0.2) is 0 Å². The molecular formula is C11H12Cl2N2O. The van der Waals surface area contributed by atoms with E-state index < -0.39 is 0 Å². The fourth-order valence-electron chi connectivity index (χ4n) is 1.79. The van der Waals surface area contributed by atoms with E-state index in [1.807, 2.05) is 18.2 Å². The molecule has 3 nitrogen and oxygen atoms in total. The molecule has 0 atom stereocenters. The number of nitrogens with zero attached hydrogens (tertiary/aromatic N) is 2. The van der Waals surface area contributed by atoms with E-state index in [4.69, 9.17) is 23.2 Å². The second-order valence-corrected chi connectivity index (χ2v) is 4.35. The lowest BCUT2D eigenvalue weighted by Gasteiger charge is -2.18. The summed E-state index contributed by atoms with van der Waals surface area (Å²) in [6, 6.07) is 7.34. The highest BCUT2D eigenvalue weighted by molar-refractivity contribution is 6.33. The summed E-state index contributed by atoms with van der Waals surface area (Å²) in [5, 5.41) is 0.601. The standard InChI is InChI=1S/C11H12Cl2N2O/c12-5-6-14-7-8-15(11(14)16)10-4-2-1-3-9(10)13/h1-4H,5-8H2. The van der Waals surface area contributed by atoms with Crippen LogP contribution in [0.2, 0.25) is 5.02 Å². The maximum Gasteiger partial charge on any atom is 0.324 e. The fraction of sp³-hybridized carbons (Fsp3) is 0.364. The Labute approximate surface area is 105 Å². The number of carbonyl (C=O) groups excluding carboxylic acids is 1. The molecule has 0 bridgehead atoms. The van der Waals surface area contributed by atoms with E-state index in [9.17, 15) is 4.79 Å². The highest BCUT2D eigenvalue weighted by atomic mass is 35.5. The van der Waals surface area contributed by atoms with Gasteiger partial charge in [-0.05, 0) is 12.1 Å². The number of urea groups is 1. The average Bonchev–Trinajstić information content (AvgIpc) is 2.62. The van der Waals surface area contributed by atoms with Crippen LogP contribution in [-0.2, 0) is 0 Å². The molecule has 5 heteroatoms. The normalized spacial score (nSPS) is 16.0. The number of alkyl halides is 1. The van der Waals surface area contributed by atoms with Crippen LogP contribution >= 0.6 is 23.2 Å². The van der Waals surface area contributed by atoms with E-state index in [2.05, 4.69) is 0 Å². The molecule has 0 radical (unpaired) electrons. The van der Waals surface area contributed by atoms with Gasteiger partial charge in [-0.25, -0.2) is 4.79 Å². The number of carbonyl (C=O) groups is 1. The number of amides is 2. The Morgan fingerprint density at radius 3 is 2.69 bits per heavy atom. The third kappa shape index (κ3) is 2.11. The van der Waals surface area contributed by atoms with Crippen molar-refractivity contribution in [2.45, 2.75) is 0 Å². The number of hydrogen-bond acceptors (Lipinski definition) is 1. The Balaban J connectivity index is 2.19. The van der Waals surface area contributed by atoms with Crippen LogP contribution in [0, 0.1) is 0 Å². The monoisotopic (exact) mass is 258 g/mol. The number of hydrogen-bond donors (Lipinski definition) is 0. The van der Waals surface area contributed by atoms with Crippen LogP contribution in [0.4, 0.5) is 10.5 Å². The molecule has 16 heavy (non-hydrogen) atoms. The van der Waals surface area contributed by atoms with Crippen molar-refractivity contribution in [2.24, 2.45) is 0 Å². The average molecular weight is 259 g/mol. The number of anilines is 1. The molecule has 1 aromatic carbocycles. The van der Waals surface area contributed by atoms with E-state index >= 15 is 0 Å². The number of rotatable bonds is 3. The van der Waals surface area contributed by atoms with Crippen molar-refractivity contribution in [1.29, 1.82) is 0 Å². The van der Waals surface area contributed by atoms with E-state index in [1.54, 1.807) is 15.9 Å². The van der Waals surface area contributed by atoms with Crippen molar-refractivity contribution in [1.82, 2.24) is 4.90 Å². The molecule has 86 valence electrons. The summed E-state index contributed by atoms with van der Waals surface area (Å²) in [4.78, 5) is 15.4. The molecule has 0 aliphatic carbocycles. The molecule has 0 N–H and O–H groups in total. The van der Waals surface area contributed by atoms with Crippen LogP contribution in [0.1, 0.15) is 0 Å². The zero-order chi connectivity index (χ0) is 11.5. The highest BCUT2D eigenvalue weighted by Crippen LogP contribution is 2.28. The third-order valence-electron chi connectivity index (χ3n) is 2.59. The third-order valence-corrected chi connectivity index (χ3v) is 3.08. The van der Waals surface area contributed by atoms with Gasteiger partial charge in [-0.3, -0.25) is 4.90 Å². The van der Waals surface area contributed by atoms with E-state index in [0.717, 1.165) is 5.69 Å². The van der Waals surface area contributed by atoms with Gasteiger partial charge in [-0.2, -0.15) is 0 Å². The van der Waals surface area contributed by atoms with Crippen molar-refractivity contribution in [3.8, 4) is 0 Å². The lowest BCUT2D eigenvalue weighted by atomic mass is 10.3. The minimum Gasteiger partial charge on any atom is -0.321 e. The van der Waals surface area contributed by atoms with Crippen LogP contribution in [0.25, 0.3) is 0 Å². The predicted octanol–water partition coefficient (Wildman–Crippen LogP) is 2.82. The maximum atomic E-state index is 12.0. The van der Waals surface area contributed by atoms with Crippen molar-refractivity contribution in [2.75, 3.05) is 30.4 Å². The molecule has 2 amide bonds. The Morgan fingerprint density at radius 1 is 1.25 bits per heavy atom. The summed E-state index contributed by atoms with van der Waals surface area (Å²) in [5.74, 6) is 0.460. The summed E-state index contributed by atoms with van der Waals surface area (Å²) in [6.07, 6.45) is 0. The molecule has 1 aromatic rings. The summed E-state index contributed by atoms with van der Waals surface area (Å²) >= 11 is 11.7. The molecular weight excluding hydrogens is 247 g/mol. The molecule has 1 saturated heterocycles. The van der Waals surface area contributed by atoms with Gasteiger partial charge in [-0.1, -0.05) is 23.7 Å². The van der Waals surface area contributed by atoms with Gasteiger partial charge in [0.25, 0.3) is 0 Å². The van der Waals surface area contributed by atoms with Gasteiger partial charge in [-0.15, -0.1) is 11.6 Å². The Kier molecular flexibility index (Phi) is 3.56. The fourth-order valence-corrected chi connectivity index (χ4v) is 2.23. The Bertz CT molecular complexity index is 397. The van der Waals surface area contributed by atoms with Crippen molar-refractivity contribution >= 4 is 34.9 Å². The molecule has 0 unspecified atom stereocenters. The maximum absolute atomic E-state index is 12.0. The van der Waals surface area contributed by atoms with Crippen LogP contribution in [0.15, 0.2) is 24.3 Å². The lowest BCUT2D eigenvalue weighted by Crippen LogP contribution is -2.33. The minimum atomic E-state index is -0.0197. The van der Waals surface area contributed by atoms with E-state index in [-0.39, 0.29) is 6.03 Å². The smallest absolute Gasteiger partial charge is 0.321 e. The van der Waals surface area contributed by atoms with Crippen LogP contribution in [-0.4, -0.2) is 36.4 Å². The first-order valence-electron chi connectivity index (χ1n) is 5.11. The molecule has 1 aliphatic heterocycles. The van der Waals surface area contributed by atoms with Gasteiger partial charge in [0.1, 0.15) is 0 Å². The SMILES string of the molecule is O=C1N(CCCl)CCN1c1ccccc1Cl. The van der Waals surface area contributed by atoms with Crippen molar-refractivity contribution < 1.29 is 4.79 Å². The van der Waals surface area contributed by atoms with E-state index in [0.29, 0.717) is 30.5 Å². The zero-order valence-corrected chi connectivity index (χ0v) is 10.2.